The Morgan fingerprint density at radius 2 is 1.89 bits per heavy atom. The Hall–Kier alpha value is -1.39. The molecule has 0 aliphatic rings. The topological polar surface area (TPSA) is 42.2 Å². The molecule has 102 valence electrons. The zero-order valence-corrected chi connectivity index (χ0v) is 12.6. The van der Waals surface area contributed by atoms with Crippen molar-refractivity contribution in [1.82, 2.24) is 9.88 Å². The van der Waals surface area contributed by atoms with E-state index in [1.165, 1.54) is 5.56 Å². The molecular weight excluding hydrogens is 254 g/mol. The number of anilines is 1. The standard InChI is InChI=1S/C15H21N3S/c1-11(2)18(9-15-10-19-12(3)17-15)8-13-4-6-14(16)7-5-13/h4-7,10-11H,8-9,16H2,1-3H3. The summed E-state index contributed by atoms with van der Waals surface area (Å²) in [5.74, 6) is 0. The number of nitrogen functional groups attached to an aromatic ring is 1. The Morgan fingerprint density at radius 3 is 2.42 bits per heavy atom. The van der Waals surface area contributed by atoms with E-state index >= 15 is 0 Å². The molecule has 1 aromatic carbocycles. The summed E-state index contributed by atoms with van der Waals surface area (Å²) in [6.07, 6.45) is 0. The summed E-state index contributed by atoms with van der Waals surface area (Å²) in [7, 11) is 0. The maximum absolute atomic E-state index is 5.72. The summed E-state index contributed by atoms with van der Waals surface area (Å²) in [5.41, 5.74) is 8.98. The van der Waals surface area contributed by atoms with Crippen LogP contribution in [-0.4, -0.2) is 15.9 Å². The highest BCUT2D eigenvalue weighted by atomic mass is 32.1. The Bertz CT molecular complexity index is 516. The second-order valence-electron chi connectivity index (χ2n) is 5.10. The van der Waals surface area contributed by atoms with Gasteiger partial charge >= 0.3 is 0 Å². The molecule has 0 radical (unpaired) electrons. The van der Waals surface area contributed by atoms with Crippen molar-refractivity contribution in [2.75, 3.05) is 5.73 Å². The van der Waals surface area contributed by atoms with Gasteiger partial charge in [-0.3, -0.25) is 4.90 Å². The van der Waals surface area contributed by atoms with Crippen LogP contribution in [0.4, 0.5) is 5.69 Å². The predicted molar refractivity (Wildman–Crippen MR) is 82.1 cm³/mol. The molecule has 2 N–H and O–H groups in total. The smallest absolute Gasteiger partial charge is 0.0897 e. The lowest BCUT2D eigenvalue weighted by atomic mass is 10.1. The Morgan fingerprint density at radius 1 is 1.21 bits per heavy atom. The second kappa shape index (κ2) is 6.17. The zero-order valence-electron chi connectivity index (χ0n) is 11.8. The molecule has 0 fully saturated rings. The van der Waals surface area contributed by atoms with Crippen molar-refractivity contribution >= 4 is 17.0 Å². The number of nitrogens with two attached hydrogens (primary N) is 1. The van der Waals surface area contributed by atoms with Crippen LogP contribution < -0.4 is 5.73 Å². The molecule has 0 bridgehead atoms. The van der Waals surface area contributed by atoms with Crippen molar-refractivity contribution in [1.29, 1.82) is 0 Å². The van der Waals surface area contributed by atoms with E-state index in [9.17, 15) is 0 Å². The number of rotatable bonds is 5. The molecular formula is C15H21N3S. The number of nitrogens with zero attached hydrogens (tertiary/aromatic N) is 2. The number of benzene rings is 1. The maximum Gasteiger partial charge on any atom is 0.0897 e. The molecule has 0 atom stereocenters. The van der Waals surface area contributed by atoms with E-state index in [1.807, 2.05) is 19.1 Å². The lowest BCUT2D eigenvalue weighted by Crippen LogP contribution is -2.29. The summed E-state index contributed by atoms with van der Waals surface area (Å²) in [4.78, 5) is 6.96. The monoisotopic (exact) mass is 275 g/mol. The average molecular weight is 275 g/mol. The summed E-state index contributed by atoms with van der Waals surface area (Å²) in [6, 6.07) is 8.59. The third-order valence-corrected chi connectivity index (χ3v) is 3.95. The van der Waals surface area contributed by atoms with E-state index < -0.39 is 0 Å². The lowest BCUT2D eigenvalue weighted by molar-refractivity contribution is 0.201. The third-order valence-electron chi connectivity index (χ3n) is 3.13. The van der Waals surface area contributed by atoms with E-state index in [0.29, 0.717) is 6.04 Å². The van der Waals surface area contributed by atoms with Gasteiger partial charge in [0, 0.05) is 30.2 Å². The number of thiazole rings is 1. The van der Waals surface area contributed by atoms with Gasteiger partial charge in [0.25, 0.3) is 0 Å². The number of aromatic nitrogens is 1. The first-order chi connectivity index (χ1) is 9.04. The minimum atomic E-state index is 0.486. The van der Waals surface area contributed by atoms with Crippen molar-refractivity contribution in [3.63, 3.8) is 0 Å². The molecule has 2 aromatic rings. The molecule has 2 rings (SSSR count). The minimum absolute atomic E-state index is 0.486. The van der Waals surface area contributed by atoms with Crippen molar-refractivity contribution < 1.29 is 0 Å². The van der Waals surface area contributed by atoms with Gasteiger partial charge in [-0.1, -0.05) is 12.1 Å². The van der Waals surface area contributed by atoms with E-state index in [-0.39, 0.29) is 0 Å². The minimum Gasteiger partial charge on any atom is -0.399 e. The highest BCUT2D eigenvalue weighted by Crippen LogP contribution is 2.16. The third kappa shape index (κ3) is 4.04. The zero-order chi connectivity index (χ0) is 13.8. The number of aryl methyl sites for hydroxylation is 1. The first-order valence-electron chi connectivity index (χ1n) is 6.54. The second-order valence-corrected chi connectivity index (χ2v) is 6.16. The van der Waals surface area contributed by atoms with Crippen LogP contribution in [0.15, 0.2) is 29.6 Å². The first-order valence-corrected chi connectivity index (χ1v) is 7.42. The van der Waals surface area contributed by atoms with Crippen molar-refractivity contribution in [2.45, 2.75) is 39.9 Å². The summed E-state index contributed by atoms with van der Waals surface area (Å²) in [6.45, 7) is 8.31. The van der Waals surface area contributed by atoms with Gasteiger partial charge in [-0.05, 0) is 38.5 Å². The highest BCUT2D eigenvalue weighted by molar-refractivity contribution is 7.09. The van der Waals surface area contributed by atoms with Gasteiger partial charge in [0.05, 0.1) is 10.7 Å². The Kier molecular flexibility index (Phi) is 4.56. The Balaban J connectivity index is 2.06. The van der Waals surface area contributed by atoms with E-state index in [1.54, 1.807) is 11.3 Å². The average Bonchev–Trinajstić information content (AvgIpc) is 2.76. The molecule has 1 aromatic heterocycles. The summed E-state index contributed by atoms with van der Waals surface area (Å²) >= 11 is 1.71. The fraction of sp³-hybridized carbons (Fsp3) is 0.400. The van der Waals surface area contributed by atoms with E-state index in [2.05, 4.69) is 41.2 Å². The SMILES string of the molecule is Cc1nc(CN(Cc2ccc(N)cc2)C(C)C)cs1. The molecule has 0 saturated heterocycles. The fourth-order valence-electron chi connectivity index (χ4n) is 1.97. The molecule has 19 heavy (non-hydrogen) atoms. The van der Waals surface area contributed by atoms with Crippen LogP contribution in [0.3, 0.4) is 0 Å². The van der Waals surface area contributed by atoms with Gasteiger partial charge in [0.2, 0.25) is 0 Å². The molecule has 4 heteroatoms. The summed E-state index contributed by atoms with van der Waals surface area (Å²) in [5, 5.41) is 3.28. The lowest BCUT2D eigenvalue weighted by Gasteiger charge is -2.25. The molecule has 0 saturated carbocycles. The van der Waals surface area contributed by atoms with Gasteiger partial charge in [-0.25, -0.2) is 4.98 Å². The molecule has 0 aliphatic heterocycles. The Labute approximate surface area is 119 Å². The molecule has 0 unspecified atom stereocenters. The van der Waals surface area contributed by atoms with Crippen LogP contribution >= 0.6 is 11.3 Å². The van der Waals surface area contributed by atoms with Gasteiger partial charge in [0.15, 0.2) is 0 Å². The van der Waals surface area contributed by atoms with Crippen molar-refractivity contribution in [3.05, 3.63) is 45.9 Å². The van der Waals surface area contributed by atoms with Crippen LogP contribution in [-0.2, 0) is 13.1 Å². The molecule has 3 nitrogen and oxygen atoms in total. The molecule has 0 aliphatic carbocycles. The van der Waals surface area contributed by atoms with Gasteiger partial charge in [-0.2, -0.15) is 0 Å². The van der Waals surface area contributed by atoms with E-state index in [4.69, 9.17) is 5.73 Å². The normalized spacial score (nSPS) is 11.4. The quantitative estimate of drug-likeness (QED) is 0.850. The number of hydrogen-bond acceptors (Lipinski definition) is 4. The first kappa shape index (κ1) is 14.0. The number of hydrogen-bond donors (Lipinski definition) is 1. The van der Waals surface area contributed by atoms with Crippen LogP contribution in [0.5, 0.6) is 0 Å². The van der Waals surface area contributed by atoms with Crippen LogP contribution in [0.2, 0.25) is 0 Å². The van der Waals surface area contributed by atoms with Crippen LogP contribution in [0.1, 0.15) is 30.1 Å². The van der Waals surface area contributed by atoms with Crippen LogP contribution in [0.25, 0.3) is 0 Å². The van der Waals surface area contributed by atoms with Gasteiger partial charge in [0.1, 0.15) is 0 Å². The molecule has 0 amide bonds. The van der Waals surface area contributed by atoms with Gasteiger partial charge in [-0.15, -0.1) is 11.3 Å². The fourth-order valence-corrected chi connectivity index (χ4v) is 2.57. The van der Waals surface area contributed by atoms with Gasteiger partial charge < -0.3 is 5.73 Å². The largest absolute Gasteiger partial charge is 0.399 e. The van der Waals surface area contributed by atoms with E-state index in [0.717, 1.165) is 29.5 Å². The molecule has 0 spiro atoms. The predicted octanol–water partition coefficient (Wildman–Crippen LogP) is 3.44. The van der Waals surface area contributed by atoms with Crippen molar-refractivity contribution in [2.24, 2.45) is 0 Å². The summed E-state index contributed by atoms with van der Waals surface area (Å²) < 4.78 is 0. The van der Waals surface area contributed by atoms with Crippen LogP contribution in [0, 0.1) is 6.92 Å². The van der Waals surface area contributed by atoms with Crippen molar-refractivity contribution in [3.8, 4) is 0 Å². The highest BCUT2D eigenvalue weighted by Gasteiger charge is 2.12. The maximum atomic E-state index is 5.72. The molecule has 1 heterocycles.